The molecule has 3 rings (SSSR count). The van der Waals surface area contributed by atoms with Gasteiger partial charge >= 0.3 is 6.18 Å². The fraction of sp³-hybridized carbons (Fsp3) is 0.500. The van der Waals surface area contributed by atoms with Crippen molar-refractivity contribution in [3.63, 3.8) is 0 Å². The van der Waals surface area contributed by atoms with Crippen LogP contribution in [0.15, 0.2) is 30.6 Å². The molecule has 3 N–H and O–H groups in total. The lowest BCUT2D eigenvalue weighted by molar-refractivity contribution is -0.137. The second kappa shape index (κ2) is 9.57. The van der Waals surface area contributed by atoms with Gasteiger partial charge < -0.3 is 20.6 Å². The molecule has 0 aliphatic carbocycles. The van der Waals surface area contributed by atoms with Crippen molar-refractivity contribution in [3.05, 3.63) is 47.5 Å². The van der Waals surface area contributed by atoms with Crippen LogP contribution in [0.4, 0.5) is 29.2 Å². The molecule has 164 valence electrons. The first kappa shape index (κ1) is 22.2. The van der Waals surface area contributed by atoms with Crippen molar-refractivity contribution < 1.29 is 22.7 Å². The number of nitrogens with one attached hydrogen (secondary N) is 2. The van der Waals surface area contributed by atoms with E-state index in [4.69, 9.17) is 0 Å². The SMILES string of the molecule is CCN(Cc1ccc(C(F)(F)F)cc1)c1ncnc(NC[C@H]2CCNC[C@@H]2O)c1F. The highest BCUT2D eigenvalue weighted by atomic mass is 19.4. The Balaban J connectivity index is 1.71. The van der Waals surface area contributed by atoms with Crippen LogP contribution in [0.2, 0.25) is 0 Å². The Hall–Kier alpha value is -2.46. The third-order valence-corrected chi connectivity index (χ3v) is 5.23. The zero-order valence-corrected chi connectivity index (χ0v) is 16.6. The third kappa shape index (κ3) is 5.37. The number of aliphatic hydroxyl groups excluding tert-OH is 1. The van der Waals surface area contributed by atoms with Crippen LogP contribution >= 0.6 is 0 Å². The number of aromatic nitrogens is 2. The van der Waals surface area contributed by atoms with E-state index in [9.17, 15) is 18.3 Å². The molecule has 0 radical (unpaired) electrons. The zero-order valence-electron chi connectivity index (χ0n) is 16.6. The van der Waals surface area contributed by atoms with Crippen molar-refractivity contribution in [1.82, 2.24) is 15.3 Å². The molecule has 2 atom stereocenters. The van der Waals surface area contributed by atoms with Gasteiger partial charge in [0.2, 0.25) is 5.82 Å². The summed E-state index contributed by atoms with van der Waals surface area (Å²) in [4.78, 5) is 9.63. The van der Waals surface area contributed by atoms with E-state index in [0.717, 1.165) is 25.1 Å². The molecule has 1 aliphatic rings. The number of hydrogen-bond donors (Lipinski definition) is 3. The first-order valence-corrected chi connectivity index (χ1v) is 9.83. The molecule has 0 bridgehead atoms. The average Bonchev–Trinajstić information content (AvgIpc) is 2.72. The molecule has 0 saturated carbocycles. The summed E-state index contributed by atoms with van der Waals surface area (Å²) in [5, 5.41) is 16.1. The number of piperidine rings is 1. The molecule has 1 saturated heterocycles. The first-order valence-electron chi connectivity index (χ1n) is 9.83. The van der Waals surface area contributed by atoms with Gasteiger partial charge in [-0.2, -0.15) is 17.6 Å². The van der Waals surface area contributed by atoms with Gasteiger partial charge in [-0.15, -0.1) is 0 Å². The number of alkyl halides is 3. The predicted molar refractivity (Wildman–Crippen MR) is 106 cm³/mol. The van der Waals surface area contributed by atoms with E-state index in [0.29, 0.717) is 25.2 Å². The van der Waals surface area contributed by atoms with Gasteiger partial charge in [0, 0.05) is 32.1 Å². The largest absolute Gasteiger partial charge is 0.416 e. The molecule has 2 heterocycles. The molecular formula is C20H25F4N5O. The fourth-order valence-electron chi connectivity index (χ4n) is 3.42. The van der Waals surface area contributed by atoms with E-state index < -0.39 is 23.7 Å². The van der Waals surface area contributed by atoms with Crippen molar-refractivity contribution in [2.24, 2.45) is 5.92 Å². The minimum absolute atomic E-state index is 0.0153. The van der Waals surface area contributed by atoms with Crippen LogP contribution in [0.3, 0.4) is 0 Å². The zero-order chi connectivity index (χ0) is 21.7. The minimum atomic E-state index is -4.40. The number of halogens is 4. The van der Waals surface area contributed by atoms with Crippen LogP contribution in [-0.2, 0) is 12.7 Å². The number of rotatable bonds is 7. The van der Waals surface area contributed by atoms with Crippen molar-refractivity contribution in [3.8, 4) is 0 Å². The number of benzene rings is 1. The molecule has 1 aliphatic heterocycles. The maximum Gasteiger partial charge on any atom is 0.416 e. The monoisotopic (exact) mass is 427 g/mol. The number of aliphatic hydroxyl groups is 1. The highest BCUT2D eigenvalue weighted by Crippen LogP contribution is 2.30. The average molecular weight is 427 g/mol. The number of β-amino-alcohol motifs (C(OH)–C–C–N with tert-alkyl or cyclic N) is 1. The number of nitrogens with zero attached hydrogens (tertiary/aromatic N) is 3. The summed E-state index contributed by atoms with van der Waals surface area (Å²) in [5.41, 5.74) is -0.121. The normalized spacial score (nSPS) is 19.5. The molecule has 0 unspecified atom stereocenters. The number of hydrogen-bond acceptors (Lipinski definition) is 6. The maximum absolute atomic E-state index is 15.0. The lowest BCUT2D eigenvalue weighted by atomic mass is 9.95. The van der Waals surface area contributed by atoms with Crippen LogP contribution in [-0.4, -0.2) is 47.4 Å². The minimum Gasteiger partial charge on any atom is -0.391 e. The molecular weight excluding hydrogens is 402 g/mol. The van der Waals surface area contributed by atoms with Crippen molar-refractivity contribution in [2.45, 2.75) is 32.2 Å². The van der Waals surface area contributed by atoms with E-state index in [1.165, 1.54) is 18.5 Å². The summed E-state index contributed by atoms with van der Waals surface area (Å²) >= 11 is 0. The fourth-order valence-corrected chi connectivity index (χ4v) is 3.42. The van der Waals surface area contributed by atoms with Gasteiger partial charge in [-0.05, 0) is 37.6 Å². The Morgan fingerprint density at radius 3 is 2.60 bits per heavy atom. The Labute approximate surface area is 172 Å². The van der Waals surface area contributed by atoms with E-state index in [1.54, 1.807) is 4.90 Å². The first-order chi connectivity index (χ1) is 14.3. The summed E-state index contributed by atoms with van der Waals surface area (Å²) < 4.78 is 53.2. The standard InChI is InChI=1S/C20H25F4N5O/c1-2-29(11-13-3-5-15(6-4-13)20(22,23)24)19-17(21)18(27-12-28-19)26-9-14-7-8-25-10-16(14)30/h3-6,12,14,16,25,30H,2,7-11H2,1H3,(H,26,27,28)/t14-,16+/m1/s1. The molecule has 1 aromatic carbocycles. The van der Waals surface area contributed by atoms with E-state index in [1.807, 2.05) is 6.92 Å². The summed E-state index contributed by atoms with van der Waals surface area (Å²) in [6.45, 7) is 4.08. The van der Waals surface area contributed by atoms with Crippen molar-refractivity contribution >= 4 is 11.6 Å². The van der Waals surface area contributed by atoms with Crippen LogP contribution < -0.4 is 15.5 Å². The van der Waals surface area contributed by atoms with Gasteiger partial charge in [0.25, 0.3) is 0 Å². The summed E-state index contributed by atoms with van der Waals surface area (Å²) in [5.74, 6) is -0.537. The van der Waals surface area contributed by atoms with Gasteiger partial charge in [0.15, 0.2) is 11.6 Å². The number of anilines is 2. The molecule has 0 amide bonds. The summed E-state index contributed by atoms with van der Waals surface area (Å²) in [6, 6.07) is 4.78. The lowest BCUT2D eigenvalue weighted by Crippen LogP contribution is -2.43. The Morgan fingerprint density at radius 1 is 1.23 bits per heavy atom. The van der Waals surface area contributed by atoms with Crippen LogP contribution in [0.5, 0.6) is 0 Å². The third-order valence-electron chi connectivity index (χ3n) is 5.23. The topological polar surface area (TPSA) is 73.3 Å². The molecule has 30 heavy (non-hydrogen) atoms. The second-order valence-electron chi connectivity index (χ2n) is 7.27. The molecule has 1 fully saturated rings. The maximum atomic E-state index is 15.0. The summed E-state index contributed by atoms with van der Waals surface area (Å²) in [7, 11) is 0. The van der Waals surface area contributed by atoms with Crippen LogP contribution in [0.1, 0.15) is 24.5 Å². The summed E-state index contributed by atoms with van der Waals surface area (Å²) in [6.07, 6.45) is -2.90. The molecule has 1 aromatic heterocycles. The molecule has 2 aromatic rings. The van der Waals surface area contributed by atoms with Gasteiger partial charge in [-0.25, -0.2) is 9.97 Å². The van der Waals surface area contributed by atoms with Crippen LogP contribution in [0, 0.1) is 11.7 Å². The predicted octanol–water partition coefficient (Wildman–Crippen LogP) is 3.04. The van der Waals surface area contributed by atoms with Gasteiger partial charge in [0.05, 0.1) is 11.7 Å². The van der Waals surface area contributed by atoms with Gasteiger partial charge in [-0.3, -0.25) is 0 Å². The van der Waals surface area contributed by atoms with E-state index in [2.05, 4.69) is 20.6 Å². The molecule has 0 spiro atoms. The molecule has 10 heteroatoms. The lowest BCUT2D eigenvalue weighted by Gasteiger charge is -2.29. The Bertz CT molecular complexity index is 831. The van der Waals surface area contributed by atoms with E-state index in [-0.39, 0.29) is 24.1 Å². The van der Waals surface area contributed by atoms with Crippen molar-refractivity contribution in [2.75, 3.05) is 36.4 Å². The van der Waals surface area contributed by atoms with E-state index >= 15 is 4.39 Å². The second-order valence-corrected chi connectivity index (χ2v) is 7.27. The van der Waals surface area contributed by atoms with Crippen molar-refractivity contribution in [1.29, 1.82) is 0 Å². The molecule has 6 nitrogen and oxygen atoms in total. The highest BCUT2D eigenvalue weighted by Gasteiger charge is 2.30. The highest BCUT2D eigenvalue weighted by molar-refractivity contribution is 5.51. The van der Waals surface area contributed by atoms with Gasteiger partial charge in [0.1, 0.15) is 6.33 Å². The Morgan fingerprint density at radius 2 is 1.97 bits per heavy atom. The smallest absolute Gasteiger partial charge is 0.391 e. The quantitative estimate of drug-likeness (QED) is 0.590. The van der Waals surface area contributed by atoms with Gasteiger partial charge in [-0.1, -0.05) is 12.1 Å². The van der Waals surface area contributed by atoms with Crippen LogP contribution in [0.25, 0.3) is 0 Å². The Kier molecular flexibility index (Phi) is 7.09.